The Labute approximate surface area is 107 Å². The molecule has 0 saturated carbocycles. The van der Waals surface area contributed by atoms with Crippen LogP contribution in [0.25, 0.3) is 0 Å². The molecule has 90 valence electrons. The fraction of sp³-hybridized carbons (Fsp3) is 0.500. The first-order valence-corrected chi connectivity index (χ1v) is 7.40. The van der Waals surface area contributed by atoms with Gasteiger partial charge < -0.3 is 5.32 Å². The van der Waals surface area contributed by atoms with Gasteiger partial charge in [0.25, 0.3) is 0 Å². The van der Waals surface area contributed by atoms with Crippen molar-refractivity contribution in [3.63, 3.8) is 0 Å². The van der Waals surface area contributed by atoms with Crippen molar-refractivity contribution in [2.75, 3.05) is 11.1 Å². The highest BCUT2D eigenvalue weighted by molar-refractivity contribution is 8.14. The van der Waals surface area contributed by atoms with Gasteiger partial charge in [0.15, 0.2) is 5.17 Å². The molecule has 0 spiro atoms. The predicted octanol–water partition coefficient (Wildman–Crippen LogP) is 3.47. The maximum atomic E-state index is 4.60. The maximum Gasteiger partial charge on any atom is 0.161 e. The van der Waals surface area contributed by atoms with Gasteiger partial charge in [0.2, 0.25) is 0 Å². The van der Waals surface area contributed by atoms with Crippen molar-refractivity contribution >= 4 is 22.6 Å². The highest BCUT2D eigenvalue weighted by Gasteiger charge is 2.17. The molecule has 2 aliphatic rings. The van der Waals surface area contributed by atoms with Crippen molar-refractivity contribution in [1.82, 2.24) is 0 Å². The van der Waals surface area contributed by atoms with E-state index in [2.05, 4.69) is 35.4 Å². The molecule has 1 N–H and O–H groups in total. The molecule has 1 aliphatic carbocycles. The summed E-state index contributed by atoms with van der Waals surface area (Å²) < 4.78 is 0. The molecule has 3 heteroatoms. The third kappa shape index (κ3) is 2.34. The summed E-state index contributed by atoms with van der Waals surface area (Å²) in [4.78, 5) is 4.60. The highest BCUT2D eigenvalue weighted by Crippen LogP contribution is 2.29. The van der Waals surface area contributed by atoms with Gasteiger partial charge in [-0.1, -0.05) is 23.9 Å². The summed E-state index contributed by atoms with van der Waals surface area (Å²) in [5, 5.41) is 4.61. The highest BCUT2D eigenvalue weighted by atomic mass is 32.2. The minimum Gasteiger partial charge on any atom is -0.335 e. The molecule has 0 radical (unpaired) electrons. The molecule has 0 fully saturated rings. The van der Waals surface area contributed by atoms with Crippen LogP contribution in [-0.4, -0.2) is 17.0 Å². The summed E-state index contributed by atoms with van der Waals surface area (Å²) in [6, 6.07) is 7.08. The number of aryl methyl sites for hydroxylation is 1. The molecule has 0 amide bonds. The van der Waals surface area contributed by atoms with Crippen LogP contribution >= 0.6 is 11.8 Å². The molecule has 1 unspecified atom stereocenters. The second-order valence-electron chi connectivity index (χ2n) is 4.87. The minimum absolute atomic E-state index is 0.460. The first kappa shape index (κ1) is 11.1. The quantitative estimate of drug-likeness (QED) is 0.820. The molecule has 0 aromatic heterocycles. The van der Waals surface area contributed by atoms with Crippen LogP contribution < -0.4 is 5.32 Å². The van der Waals surface area contributed by atoms with E-state index in [0.717, 1.165) is 10.9 Å². The molecule has 0 bridgehead atoms. The molecule has 0 saturated heterocycles. The van der Waals surface area contributed by atoms with Crippen molar-refractivity contribution in [3.8, 4) is 0 Å². The van der Waals surface area contributed by atoms with Crippen LogP contribution in [0.4, 0.5) is 5.69 Å². The number of amidine groups is 1. The van der Waals surface area contributed by atoms with E-state index in [-0.39, 0.29) is 0 Å². The maximum absolute atomic E-state index is 4.60. The van der Waals surface area contributed by atoms with Crippen LogP contribution in [0.15, 0.2) is 23.2 Å². The zero-order valence-electron chi connectivity index (χ0n) is 10.2. The third-order valence-corrected chi connectivity index (χ3v) is 4.57. The molecule has 1 aromatic carbocycles. The van der Waals surface area contributed by atoms with E-state index >= 15 is 0 Å². The van der Waals surface area contributed by atoms with Crippen LogP contribution in [0.2, 0.25) is 0 Å². The average molecular weight is 246 g/mol. The normalized spacial score (nSPS) is 23.1. The van der Waals surface area contributed by atoms with E-state index in [9.17, 15) is 0 Å². The molecule has 1 aliphatic heterocycles. The van der Waals surface area contributed by atoms with Crippen molar-refractivity contribution < 1.29 is 0 Å². The van der Waals surface area contributed by atoms with Crippen LogP contribution in [0.1, 0.15) is 30.9 Å². The van der Waals surface area contributed by atoms with Gasteiger partial charge in [-0.25, -0.2) is 0 Å². The number of nitrogens with one attached hydrogen (secondary N) is 1. The average Bonchev–Trinajstić information content (AvgIpc) is 2.75. The van der Waals surface area contributed by atoms with Gasteiger partial charge in [0, 0.05) is 11.4 Å². The monoisotopic (exact) mass is 246 g/mol. The van der Waals surface area contributed by atoms with Crippen LogP contribution in [0.5, 0.6) is 0 Å². The van der Waals surface area contributed by atoms with E-state index in [4.69, 9.17) is 0 Å². The number of fused-ring (bicyclic) bond motifs is 1. The molecule has 1 heterocycles. The third-order valence-electron chi connectivity index (χ3n) is 3.44. The Morgan fingerprint density at radius 1 is 1.29 bits per heavy atom. The van der Waals surface area contributed by atoms with Crippen LogP contribution in [0, 0.1) is 0 Å². The summed E-state index contributed by atoms with van der Waals surface area (Å²) in [7, 11) is 0. The lowest BCUT2D eigenvalue weighted by Gasteiger charge is -2.19. The number of nitrogens with zero attached hydrogens (tertiary/aromatic N) is 1. The molecule has 1 aromatic rings. The number of hydrogen-bond acceptors (Lipinski definition) is 3. The van der Waals surface area contributed by atoms with Gasteiger partial charge in [0.05, 0.1) is 6.04 Å². The largest absolute Gasteiger partial charge is 0.335 e. The smallest absolute Gasteiger partial charge is 0.161 e. The first-order chi connectivity index (χ1) is 8.33. The number of thioether (sulfide) groups is 1. The van der Waals surface area contributed by atoms with Gasteiger partial charge in [-0.05, 0) is 49.8 Å². The Morgan fingerprint density at radius 2 is 2.18 bits per heavy atom. The molecule has 1 atom stereocenters. The summed E-state index contributed by atoms with van der Waals surface area (Å²) in [5.74, 6) is 1.11. The van der Waals surface area contributed by atoms with Crippen molar-refractivity contribution in [2.45, 2.75) is 38.6 Å². The van der Waals surface area contributed by atoms with E-state index in [1.165, 1.54) is 42.5 Å². The van der Waals surface area contributed by atoms with E-state index in [1.807, 2.05) is 11.8 Å². The lowest BCUT2D eigenvalue weighted by Crippen LogP contribution is -2.11. The number of aliphatic imine (C=N–C) groups is 1. The number of hydrogen-bond donors (Lipinski definition) is 1. The van der Waals surface area contributed by atoms with E-state index < -0.39 is 0 Å². The number of rotatable bonds is 1. The SMILES string of the molecule is CC1CSC(Nc2cccc3c2CCCC3)=N1. The van der Waals surface area contributed by atoms with E-state index in [0.29, 0.717) is 6.04 Å². The Bertz CT molecular complexity index is 454. The van der Waals surface area contributed by atoms with Crippen molar-refractivity contribution in [1.29, 1.82) is 0 Å². The fourth-order valence-electron chi connectivity index (χ4n) is 2.56. The zero-order valence-corrected chi connectivity index (χ0v) is 11.0. The number of benzene rings is 1. The summed E-state index contributed by atoms with van der Waals surface area (Å²) >= 11 is 1.83. The second kappa shape index (κ2) is 4.73. The van der Waals surface area contributed by atoms with Crippen LogP contribution in [0.3, 0.4) is 0 Å². The van der Waals surface area contributed by atoms with Crippen molar-refractivity contribution in [2.24, 2.45) is 4.99 Å². The second-order valence-corrected chi connectivity index (χ2v) is 5.88. The first-order valence-electron chi connectivity index (χ1n) is 6.41. The predicted molar refractivity (Wildman–Crippen MR) is 76.1 cm³/mol. The summed E-state index contributed by atoms with van der Waals surface area (Å²) in [5.41, 5.74) is 4.32. The Hall–Kier alpha value is -0.960. The van der Waals surface area contributed by atoms with Gasteiger partial charge in [0.1, 0.15) is 0 Å². The molecular weight excluding hydrogens is 228 g/mol. The summed E-state index contributed by atoms with van der Waals surface area (Å²) in [6.07, 6.45) is 5.11. The van der Waals surface area contributed by atoms with Gasteiger partial charge in [-0.15, -0.1) is 0 Å². The standard InChI is InChI=1S/C14H18N2S/c1-10-9-17-14(15-10)16-13-8-4-6-11-5-2-3-7-12(11)13/h4,6,8,10H,2-3,5,7,9H2,1H3,(H,15,16). The Kier molecular flexibility index (Phi) is 3.10. The number of anilines is 1. The Morgan fingerprint density at radius 3 is 3.00 bits per heavy atom. The summed E-state index contributed by atoms with van der Waals surface area (Å²) in [6.45, 7) is 2.17. The van der Waals surface area contributed by atoms with Crippen molar-refractivity contribution in [3.05, 3.63) is 29.3 Å². The molecular formula is C14H18N2S. The van der Waals surface area contributed by atoms with Crippen LogP contribution in [-0.2, 0) is 12.8 Å². The molecule has 3 rings (SSSR count). The zero-order chi connectivity index (χ0) is 11.7. The van der Waals surface area contributed by atoms with Gasteiger partial charge in [-0.2, -0.15) is 0 Å². The van der Waals surface area contributed by atoms with E-state index in [1.54, 1.807) is 0 Å². The molecule has 2 nitrogen and oxygen atoms in total. The minimum atomic E-state index is 0.460. The lowest BCUT2D eigenvalue weighted by molar-refractivity contribution is 0.687. The van der Waals surface area contributed by atoms with Gasteiger partial charge >= 0.3 is 0 Å². The van der Waals surface area contributed by atoms with Gasteiger partial charge in [-0.3, -0.25) is 4.99 Å². The Balaban J connectivity index is 1.85. The fourth-order valence-corrected chi connectivity index (χ4v) is 3.47. The molecule has 17 heavy (non-hydrogen) atoms. The lowest BCUT2D eigenvalue weighted by atomic mass is 9.90. The topological polar surface area (TPSA) is 24.4 Å².